The van der Waals surface area contributed by atoms with E-state index in [0.29, 0.717) is 13.2 Å². The second-order valence-corrected chi connectivity index (χ2v) is 4.88. The number of alkyl carbamates (subject to hydrolysis) is 1. The highest BCUT2D eigenvalue weighted by Gasteiger charge is 2.34. The molecule has 1 amide bonds. The van der Waals surface area contributed by atoms with E-state index in [-0.39, 0.29) is 11.6 Å². The van der Waals surface area contributed by atoms with Crippen molar-refractivity contribution in [1.29, 1.82) is 0 Å². The van der Waals surface area contributed by atoms with Gasteiger partial charge in [0, 0.05) is 6.54 Å². The largest absolute Gasteiger partial charge is 0.445 e. The minimum Gasteiger partial charge on any atom is -0.445 e. The standard InChI is InChI=1S/C14H20N2O2/c15-11-14(8-4-5-9-14)16-13(17)18-10-12-6-2-1-3-7-12/h1-3,6-7H,4-5,8-11,15H2,(H,16,17). The highest BCUT2D eigenvalue weighted by molar-refractivity contribution is 5.68. The van der Waals surface area contributed by atoms with Gasteiger partial charge < -0.3 is 15.8 Å². The highest BCUT2D eigenvalue weighted by Crippen LogP contribution is 2.28. The number of hydrogen-bond acceptors (Lipinski definition) is 3. The van der Waals surface area contributed by atoms with Gasteiger partial charge in [-0.15, -0.1) is 0 Å². The van der Waals surface area contributed by atoms with Crippen LogP contribution in [0, 0.1) is 0 Å². The van der Waals surface area contributed by atoms with Crippen LogP contribution in [0.15, 0.2) is 30.3 Å². The van der Waals surface area contributed by atoms with Crippen molar-refractivity contribution in [2.45, 2.75) is 37.8 Å². The Morgan fingerprint density at radius 2 is 1.94 bits per heavy atom. The molecular formula is C14H20N2O2. The number of rotatable bonds is 4. The van der Waals surface area contributed by atoms with Gasteiger partial charge in [-0.25, -0.2) is 4.79 Å². The molecule has 3 N–H and O–H groups in total. The summed E-state index contributed by atoms with van der Waals surface area (Å²) in [6, 6.07) is 9.65. The smallest absolute Gasteiger partial charge is 0.407 e. The van der Waals surface area contributed by atoms with Crippen LogP contribution in [-0.4, -0.2) is 18.2 Å². The Labute approximate surface area is 108 Å². The van der Waals surface area contributed by atoms with Crippen LogP contribution in [0.3, 0.4) is 0 Å². The second-order valence-electron chi connectivity index (χ2n) is 4.88. The molecule has 0 aromatic heterocycles. The maximum Gasteiger partial charge on any atom is 0.407 e. The van der Waals surface area contributed by atoms with E-state index >= 15 is 0 Å². The molecule has 4 nitrogen and oxygen atoms in total. The van der Waals surface area contributed by atoms with Crippen LogP contribution in [0.1, 0.15) is 31.2 Å². The first-order chi connectivity index (χ1) is 8.74. The lowest BCUT2D eigenvalue weighted by Gasteiger charge is -2.28. The van der Waals surface area contributed by atoms with Gasteiger partial charge in [-0.05, 0) is 18.4 Å². The van der Waals surface area contributed by atoms with Crippen LogP contribution in [-0.2, 0) is 11.3 Å². The van der Waals surface area contributed by atoms with Crippen LogP contribution in [0.2, 0.25) is 0 Å². The number of carbonyl (C=O) groups is 1. The Bertz CT molecular complexity index is 386. The summed E-state index contributed by atoms with van der Waals surface area (Å²) in [7, 11) is 0. The monoisotopic (exact) mass is 248 g/mol. The molecule has 1 saturated carbocycles. The van der Waals surface area contributed by atoms with E-state index < -0.39 is 0 Å². The first-order valence-electron chi connectivity index (χ1n) is 6.43. The molecule has 1 aliphatic carbocycles. The van der Waals surface area contributed by atoms with E-state index in [0.717, 1.165) is 31.2 Å². The maximum absolute atomic E-state index is 11.7. The topological polar surface area (TPSA) is 64.3 Å². The average Bonchev–Trinajstić information content (AvgIpc) is 2.87. The molecule has 2 rings (SSSR count). The molecule has 0 saturated heterocycles. The number of ether oxygens (including phenoxy) is 1. The third-order valence-corrected chi connectivity index (χ3v) is 3.53. The molecule has 0 radical (unpaired) electrons. The van der Waals surface area contributed by atoms with E-state index in [2.05, 4.69) is 5.32 Å². The molecule has 0 atom stereocenters. The van der Waals surface area contributed by atoms with Crippen molar-refractivity contribution in [1.82, 2.24) is 5.32 Å². The predicted octanol–water partition coefficient (Wildman–Crippen LogP) is 2.18. The van der Waals surface area contributed by atoms with Crippen molar-refractivity contribution >= 4 is 6.09 Å². The fourth-order valence-corrected chi connectivity index (χ4v) is 2.41. The zero-order valence-electron chi connectivity index (χ0n) is 10.5. The minimum atomic E-state index is -0.369. The minimum absolute atomic E-state index is 0.242. The van der Waals surface area contributed by atoms with Crippen LogP contribution in [0.5, 0.6) is 0 Å². The van der Waals surface area contributed by atoms with Crippen LogP contribution in [0.4, 0.5) is 4.79 Å². The molecule has 0 heterocycles. The lowest BCUT2D eigenvalue weighted by molar-refractivity contribution is 0.127. The molecule has 4 heteroatoms. The lowest BCUT2D eigenvalue weighted by Crippen LogP contribution is -2.51. The van der Waals surface area contributed by atoms with Gasteiger partial charge in [0.15, 0.2) is 0 Å². The number of hydrogen-bond donors (Lipinski definition) is 2. The van der Waals surface area contributed by atoms with E-state index in [9.17, 15) is 4.79 Å². The first kappa shape index (κ1) is 12.9. The van der Waals surface area contributed by atoms with Crippen molar-refractivity contribution in [2.24, 2.45) is 5.73 Å². The van der Waals surface area contributed by atoms with Gasteiger partial charge in [-0.2, -0.15) is 0 Å². The van der Waals surface area contributed by atoms with Crippen molar-refractivity contribution in [3.8, 4) is 0 Å². The SMILES string of the molecule is NCC1(NC(=O)OCc2ccccc2)CCCC1. The van der Waals surface area contributed by atoms with Crippen LogP contribution >= 0.6 is 0 Å². The number of carbonyl (C=O) groups excluding carboxylic acids is 1. The van der Waals surface area contributed by atoms with Crippen molar-refractivity contribution in [3.05, 3.63) is 35.9 Å². The average molecular weight is 248 g/mol. The molecule has 1 aromatic carbocycles. The fourth-order valence-electron chi connectivity index (χ4n) is 2.41. The molecule has 1 aromatic rings. The first-order valence-corrected chi connectivity index (χ1v) is 6.43. The van der Waals surface area contributed by atoms with Gasteiger partial charge in [-0.1, -0.05) is 43.2 Å². The van der Waals surface area contributed by atoms with Crippen molar-refractivity contribution < 1.29 is 9.53 Å². The van der Waals surface area contributed by atoms with Crippen molar-refractivity contribution in [2.75, 3.05) is 6.54 Å². The quantitative estimate of drug-likeness (QED) is 0.858. The summed E-state index contributed by atoms with van der Waals surface area (Å²) < 4.78 is 5.21. The maximum atomic E-state index is 11.7. The van der Waals surface area contributed by atoms with E-state index in [1.165, 1.54) is 0 Å². The summed E-state index contributed by atoms with van der Waals surface area (Å²) in [6.45, 7) is 0.779. The summed E-state index contributed by atoms with van der Waals surface area (Å²) in [4.78, 5) is 11.7. The normalized spacial score (nSPS) is 17.4. The Morgan fingerprint density at radius 3 is 2.56 bits per heavy atom. The highest BCUT2D eigenvalue weighted by atomic mass is 16.5. The summed E-state index contributed by atoms with van der Waals surface area (Å²) in [5.74, 6) is 0. The molecule has 0 unspecified atom stereocenters. The lowest BCUT2D eigenvalue weighted by atomic mass is 9.98. The molecule has 0 bridgehead atoms. The van der Waals surface area contributed by atoms with E-state index in [1.54, 1.807) is 0 Å². The number of amides is 1. The molecule has 1 aliphatic rings. The zero-order valence-corrected chi connectivity index (χ0v) is 10.5. The summed E-state index contributed by atoms with van der Waals surface area (Å²) >= 11 is 0. The Hall–Kier alpha value is -1.55. The number of nitrogens with one attached hydrogen (secondary N) is 1. The summed E-state index contributed by atoms with van der Waals surface area (Å²) in [5, 5.41) is 2.93. The zero-order chi connectivity index (χ0) is 12.8. The van der Waals surface area contributed by atoms with Gasteiger partial charge in [0.25, 0.3) is 0 Å². The second kappa shape index (κ2) is 5.87. The van der Waals surface area contributed by atoms with Crippen LogP contribution < -0.4 is 11.1 Å². The van der Waals surface area contributed by atoms with Gasteiger partial charge >= 0.3 is 6.09 Å². The van der Waals surface area contributed by atoms with Gasteiger partial charge in [0.2, 0.25) is 0 Å². The molecular weight excluding hydrogens is 228 g/mol. The third kappa shape index (κ3) is 3.23. The number of nitrogens with two attached hydrogens (primary N) is 1. The number of benzene rings is 1. The molecule has 0 spiro atoms. The molecule has 0 aliphatic heterocycles. The summed E-state index contributed by atoms with van der Waals surface area (Å²) in [6.07, 6.45) is 3.77. The van der Waals surface area contributed by atoms with Crippen molar-refractivity contribution in [3.63, 3.8) is 0 Å². The molecule has 98 valence electrons. The fraction of sp³-hybridized carbons (Fsp3) is 0.500. The van der Waals surface area contributed by atoms with Gasteiger partial charge in [0.1, 0.15) is 6.61 Å². The van der Waals surface area contributed by atoms with E-state index in [4.69, 9.17) is 10.5 Å². The Balaban J connectivity index is 1.82. The third-order valence-electron chi connectivity index (χ3n) is 3.53. The van der Waals surface area contributed by atoms with Gasteiger partial charge in [0.05, 0.1) is 5.54 Å². The Morgan fingerprint density at radius 1 is 1.28 bits per heavy atom. The van der Waals surface area contributed by atoms with Crippen LogP contribution in [0.25, 0.3) is 0 Å². The predicted molar refractivity (Wildman–Crippen MR) is 70.0 cm³/mol. The Kier molecular flexibility index (Phi) is 4.20. The van der Waals surface area contributed by atoms with Gasteiger partial charge in [-0.3, -0.25) is 0 Å². The van der Waals surface area contributed by atoms with E-state index in [1.807, 2.05) is 30.3 Å². The molecule has 18 heavy (non-hydrogen) atoms. The molecule has 1 fully saturated rings. The summed E-state index contributed by atoms with van der Waals surface area (Å²) in [5.41, 5.74) is 6.50.